The summed E-state index contributed by atoms with van der Waals surface area (Å²) >= 11 is 0. The number of benzene rings is 1. The van der Waals surface area contributed by atoms with E-state index in [2.05, 4.69) is 22.3 Å². The average molecular weight is 357 g/mol. The minimum Gasteiger partial charge on any atom is -0.348 e. The van der Waals surface area contributed by atoms with E-state index in [-0.39, 0.29) is 5.92 Å². The lowest BCUT2D eigenvalue weighted by Gasteiger charge is -2.32. The Morgan fingerprint density at radius 1 is 1.04 bits per heavy atom. The predicted octanol–water partition coefficient (Wildman–Crippen LogP) is 1.69. The number of likely N-dealkylation sites (tertiary alicyclic amines) is 1. The lowest BCUT2D eigenvalue weighted by atomic mass is 9.96. The Morgan fingerprint density at radius 3 is 2.24 bits per heavy atom. The molecule has 1 aliphatic rings. The van der Waals surface area contributed by atoms with E-state index in [1.165, 1.54) is 5.56 Å². The number of amides is 2. The van der Waals surface area contributed by atoms with Crippen molar-refractivity contribution in [1.82, 2.24) is 15.5 Å². The third-order valence-electron chi connectivity index (χ3n) is 4.16. The van der Waals surface area contributed by atoms with E-state index in [1.54, 1.807) is 5.32 Å². The molecule has 8 heteroatoms. The highest BCUT2D eigenvalue weighted by molar-refractivity contribution is 6.35. The number of piperidine rings is 1. The quantitative estimate of drug-likeness (QED) is 0.789. The monoisotopic (exact) mass is 357 g/mol. The maximum atomic E-state index is 12.0. The lowest BCUT2D eigenvalue weighted by molar-refractivity contribution is -0.146. The number of carbonyl (C=O) groups excluding carboxylic acids is 2. The summed E-state index contributed by atoms with van der Waals surface area (Å²) in [5.74, 6) is -2.04. The van der Waals surface area contributed by atoms with Gasteiger partial charge < -0.3 is 10.6 Å². The minimum atomic E-state index is -4.53. The molecule has 1 heterocycles. The number of carbonyl (C=O) groups is 2. The SMILES string of the molecule is O=C(NCC1CCN(Cc2ccccc2)CC1)C(=O)NCC(F)(F)F. The second-order valence-corrected chi connectivity index (χ2v) is 6.21. The Morgan fingerprint density at radius 2 is 1.64 bits per heavy atom. The van der Waals surface area contributed by atoms with Gasteiger partial charge in [-0.2, -0.15) is 13.2 Å². The fourth-order valence-electron chi connectivity index (χ4n) is 2.77. The number of hydrogen-bond acceptors (Lipinski definition) is 3. The first kappa shape index (κ1) is 19.2. The van der Waals surface area contributed by atoms with Gasteiger partial charge in [-0.3, -0.25) is 14.5 Å². The highest BCUT2D eigenvalue weighted by Gasteiger charge is 2.29. The van der Waals surface area contributed by atoms with Gasteiger partial charge in [-0.25, -0.2) is 0 Å². The van der Waals surface area contributed by atoms with Crippen molar-refractivity contribution in [1.29, 1.82) is 0 Å². The maximum Gasteiger partial charge on any atom is 0.405 e. The number of alkyl halides is 3. The lowest BCUT2D eigenvalue weighted by Crippen LogP contribution is -2.45. The average Bonchev–Trinajstić information content (AvgIpc) is 2.59. The molecule has 25 heavy (non-hydrogen) atoms. The summed E-state index contributed by atoms with van der Waals surface area (Å²) in [6, 6.07) is 10.1. The van der Waals surface area contributed by atoms with Crippen LogP contribution in [-0.2, 0) is 16.1 Å². The summed E-state index contributed by atoms with van der Waals surface area (Å²) in [6.07, 6.45) is -2.78. The van der Waals surface area contributed by atoms with Crippen molar-refractivity contribution >= 4 is 11.8 Å². The van der Waals surface area contributed by atoms with Crippen molar-refractivity contribution in [2.45, 2.75) is 25.6 Å². The number of nitrogens with one attached hydrogen (secondary N) is 2. The highest BCUT2D eigenvalue weighted by Crippen LogP contribution is 2.18. The molecule has 0 atom stereocenters. The molecule has 0 aliphatic carbocycles. The van der Waals surface area contributed by atoms with Crippen molar-refractivity contribution in [3.8, 4) is 0 Å². The molecule has 5 nitrogen and oxygen atoms in total. The molecule has 0 unspecified atom stereocenters. The smallest absolute Gasteiger partial charge is 0.348 e. The first-order valence-corrected chi connectivity index (χ1v) is 8.22. The molecule has 0 saturated carbocycles. The molecule has 2 amide bonds. The maximum absolute atomic E-state index is 12.0. The molecule has 1 saturated heterocycles. The van der Waals surface area contributed by atoms with Crippen LogP contribution in [0.4, 0.5) is 13.2 Å². The summed E-state index contributed by atoms with van der Waals surface area (Å²) in [5, 5.41) is 3.98. The van der Waals surface area contributed by atoms with Crippen molar-refractivity contribution in [2.24, 2.45) is 5.92 Å². The summed E-state index contributed by atoms with van der Waals surface area (Å²) in [7, 11) is 0. The second-order valence-electron chi connectivity index (χ2n) is 6.21. The van der Waals surface area contributed by atoms with E-state index in [0.717, 1.165) is 32.5 Å². The van der Waals surface area contributed by atoms with Crippen LogP contribution in [0.2, 0.25) is 0 Å². The van der Waals surface area contributed by atoms with Crippen molar-refractivity contribution in [2.75, 3.05) is 26.2 Å². The van der Waals surface area contributed by atoms with Gasteiger partial charge in [-0.05, 0) is 37.4 Å². The van der Waals surface area contributed by atoms with E-state index in [1.807, 2.05) is 18.2 Å². The fourth-order valence-corrected chi connectivity index (χ4v) is 2.77. The van der Waals surface area contributed by atoms with Crippen LogP contribution in [0.1, 0.15) is 18.4 Å². The van der Waals surface area contributed by atoms with Crippen LogP contribution >= 0.6 is 0 Å². The molecule has 0 bridgehead atoms. The Bertz CT molecular complexity index is 570. The molecule has 138 valence electrons. The highest BCUT2D eigenvalue weighted by atomic mass is 19.4. The zero-order valence-corrected chi connectivity index (χ0v) is 13.8. The molecule has 2 rings (SSSR count). The Balaban J connectivity index is 1.65. The van der Waals surface area contributed by atoms with E-state index < -0.39 is 24.5 Å². The standard InChI is InChI=1S/C17H22F3N3O2/c18-17(19,20)12-22-16(25)15(24)21-10-13-6-8-23(9-7-13)11-14-4-2-1-3-5-14/h1-5,13H,6-12H2,(H,21,24)(H,22,25). The predicted molar refractivity (Wildman–Crippen MR) is 86.5 cm³/mol. The van der Waals surface area contributed by atoms with Crippen LogP contribution in [0.5, 0.6) is 0 Å². The van der Waals surface area contributed by atoms with E-state index in [9.17, 15) is 22.8 Å². The summed E-state index contributed by atoms with van der Waals surface area (Å²) < 4.78 is 36.0. The molecule has 0 spiro atoms. The topological polar surface area (TPSA) is 61.4 Å². The third kappa shape index (κ3) is 7.13. The normalized spacial score (nSPS) is 16.4. The molecule has 0 aromatic heterocycles. The Kier molecular flexibility index (Phi) is 6.81. The van der Waals surface area contributed by atoms with E-state index >= 15 is 0 Å². The summed E-state index contributed by atoms with van der Waals surface area (Å²) in [6.45, 7) is 1.44. The van der Waals surface area contributed by atoms with Crippen LogP contribution in [0.15, 0.2) is 30.3 Å². The zero-order valence-electron chi connectivity index (χ0n) is 13.8. The Labute approximate surface area is 144 Å². The summed E-state index contributed by atoms with van der Waals surface area (Å²) in [4.78, 5) is 25.1. The first-order chi connectivity index (χ1) is 11.8. The van der Waals surface area contributed by atoms with E-state index in [4.69, 9.17) is 0 Å². The van der Waals surface area contributed by atoms with Gasteiger partial charge in [0.1, 0.15) is 6.54 Å². The number of halogens is 3. The molecular weight excluding hydrogens is 335 g/mol. The zero-order chi connectivity index (χ0) is 18.3. The van der Waals surface area contributed by atoms with E-state index in [0.29, 0.717) is 6.54 Å². The van der Waals surface area contributed by atoms with Crippen LogP contribution in [0.25, 0.3) is 0 Å². The fraction of sp³-hybridized carbons (Fsp3) is 0.529. The van der Waals surface area contributed by atoms with Gasteiger partial charge in [0, 0.05) is 13.1 Å². The molecule has 1 aliphatic heterocycles. The third-order valence-corrected chi connectivity index (χ3v) is 4.16. The van der Waals surface area contributed by atoms with Crippen molar-refractivity contribution in [3.05, 3.63) is 35.9 Å². The van der Waals surface area contributed by atoms with Gasteiger partial charge in [0.05, 0.1) is 0 Å². The van der Waals surface area contributed by atoms with Crippen LogP contribution < -0.4 is 10.6 Å². The summed E-state index contributed by atoms with van der Waals surface area (Å²) in [5.41, 5.74) is 1.25. The minimum absolute atomic E-state index is 0.228. The molecule has 1 aromatic carbocycles. The number of nitrogens with zero attached hydrogens (tertiary/aromatic N) is 1. The van der Waals surface area contributed by atoms with Gasteiger partial charge in [-0.15, -0.1) is 0 Å². The van der Waals surface area contributed by atoms with Gasteiger partial charge in [0.25, 0.3) is 0 Å². The molecule has 0 radical (unpaired) electrons. The number of hydrogen-bond donors (Lipinski definition) is 2. The van der Waals surface area contributed by atoms with Gasteiger partial charge in [0.15, 0.2) is 0 Å². The van der Waals surface area contributed by atoms with Gasteiger partial charge >= 0.3 is 18.0 Å². The molecular formula is C17H22F3N3O2. The number of rotatable bonds is 5. The van der Waals surface area contributed by atoms with Crippen molar-refractivity contribution < 1.29 is 22.8 Å². The molecule has 2 N–H and O–H groups in total. The van der Waals surface area contributed by atoms with Gasteiger partial charge in [0.2, 0.25) is 0 Å². The van der Waals surface area contributed by atoms with Crippen LogP contribution in [-0.4, -0.2) is 49.1 Å². The second kappa shape index (κ2) is 8.84. The largest absolute Gasteiger partial charge is 0.405 e. The molecule has 1 aromatic rings. The molecule has 1 fully saturated rings. The Hall–Kier alpha value is -2.09. The van der Waals surface area contributed by atoms with Crippen LogP contribution in [0.3, 0.4) is 0 Å². The van der Waals surface area contributed by atoms with Crippen LogP contribution in [0, 0.1) is 5.92 Å². The van der Waals surface area contributed by atoms with Crippen molar-refractivity contribution in [3.63, 3.8) is 0 Å². The van der Waals surface area contributed by atoms with Gasteiger partial charge in [-0.1, -0.05) is 30.3 Å². The first-order valence-electron chi connectivity index (χ1n) is 8.22.